The number of benzene rings is 1. The van der Waals surface area contributed by atoms with Crippen molar-refractivity contribution in [1.82, 2.24) is 25.1 Å². The molecule has 0 radical (unpaired) electrons. The Hall–Kier alpha value is -4.00. The zero-order valence-corrected chi connectivity index (χ0v) is 20.6. The number of hydrogen-bond donors (Lipinski definition) is 5. The Morgan fingerprint density at radius 1 is 1.20 bits per heavy atom. The molecule has 1 saturated heterocycles. The van der Waals surface area contributed by atoms with E-state index in [-0.39, 0.29) is 11.9 Å². The van der Waals surface area contributed by atoms with Crippen molar-refractivity contribution in [3.63, 3.8) is 0 Å². The second kappa shape index (κ2) is 10.5. The van der Waals surface area contributed by atoms with Gasteiger partial charge in [-0.3, -0.25) is 15.3 Å². The highest BCUT2D eigenvalue weighted by Crippen LogP contribution is 2.38. The third-order valence-electron chi connectivity index (χ3n) is 5.29. The Kier molecular flexibility index (Phi) is 7.25. The number of nitrogens with zero attached hydrogens (tertiary/aromatic N) is 5. The summed E-state index contributed by atoms with van der Waals surface area (Å²) in [4.78, 5) is 25.7. The number of anilines is 4. The molecule has 184 valence electrons. The number of carbonyl (C=O) groups excluding carboxylic acids is 1. The third-order valence-corrected chi connectivity index (χ3v) is 6.16. The number of aromatic nitrogens is 4. The lowest BCUT2D eigenvalue weighted by Gasteiger charge is -2.36. The highest BCUT2D eigenvalue weighted by Gasteiger charge is 2.25. The van der Waals surface area contributed by atoms with Gasteiger partial charge in [0.15, 0.2) is 28.6 Å². The first kappa shape index (κ1) is 24.1. The Balaban J connectivity index is 1.66. The molecule has 2 aromatic heterocycles. The van der Waals surface area contributed by atoms with E-state index in [0.29, 0.717) is 54.5 Å². The first-order valence-electron chi connectivity index (χ1n) is 11.0. The van der Waals surface area contributed by atoms with Gasteiger partial charge in [0.2, 0.25) is 11.7 Å². The molecule has 1 aliphatic heterocycles. The van der Waals surface area contributed by atoms with E-state index in [1.54, 1.807) is 7.11 Å². The van der Waals surface area contributed by atoms with E-state index in [1.165, 1.54) is 18.7 Å². The van der Waals surface area contributed by atoms with Crippen LogP contribution in [-0.4, -0.2) is 70.2 Å². The van der Waals surface area contributed by atoms with Gasteiger partial charge in [0.1, 0.15) is 0 Å². The lowest BCUT2D eigenvalue weighted by molar-refractivity contribution is -0.114. The summed E-state index contributed by atoms with van der Waals surface area (Å²) < 4.78 is 5.74. The summed E-state index contributed by atoms with van der Waals surface area (Å²) in [6.07, 6.45) is 0. The van der Waals surface area contributed by atoms with Crippen molar-refractivity contribution in [2.75, 3.05) is 48.8 Å². The lowest BCUT2D eigenvalue weighted by Crippen LogP contribution is -2.51. The van der Waals surface area contributed by atoms with E-state index in [2.05, 4.69) is 25.7 Å². The first-order valence-corrected chi connectivity index (χ1v) is 11.8. The largest absolute Gasteiger partial charge is 0.490 e. The minimum atomic E-state index is -0.122. The zero-order valence-electron chi connectivity index (χ0n) is 19.8. The summed E-state index contributed by atoms with van der Waals surface area (Å²) in [7, 11) is 1.59. The number of aryl methyl sites for hydroxylation is 1. The average Bonchev–Trinajstić information content (AvgIpc) is 3.24. The number of hydrogen-bond acceptors (Lipinski definition) is 9. The van der Waals surface area contributed by atoms with Gasteiger partial charge in [-0.15, -0.1) is 0 Å². The molecule has 0 atom stereocenters. The third kappa shape index (κ3) is 5.93. The maximum absolute atomic E-state index is 11.3. The Bertz CT molecular complexity index is 1210. The van der Waals surface area contributed by atoms with E-state index in [0.717, 1.165) is 16.3 Å². The lowest BCUT2D eigenvalue weighted by atomic mass is 10.3. The summed E-state index contributed by atoms with van der Waals surface area (Å²) in [5, 5.41) is 21.4. The number of nitrogens with two attached hydrogens (primary N) is 1. The maximum Gasteiger partial charge on any atom is 0.221 e. The molecule has 13 heteroatoms. The Labute approximate surface area is 207 Å². The predicted octanol–water partition coefficient (Wildman–Crippen LogP) is 2.39. The summed E-state index contributed by atoms with van der Waals surface area (Å²) in [6.45, 7) is 5.86. The van der Waals surface area contributed by atoms with Gasteiger partial charge in [0, 0.05) is 55.4 Å². The highest BCUT2D eigenvalue weighted by molar-refractivity contribution is 7.99. The molecule has 0 unspecified atom stereocenters. The SMILES string of the molecule is COc1c(Nc2cc(C)[nH]n2)nc(Sc2ccc(NC(C)=O)cc2)nc1N1CCN(C(=N)N)CC1. The summed E-state index contributed by atoms with van der Waals surface area (Å²) in [5.41, 5.74) is 7.29. The maximum atomic E-state index is 11.3. The van der Waals surface area contributed by atoms with Crippen molar-refractivity contribution < 1.29 is 9.53 Å². The van der Waals surface area contributed by atoms with Crippen molar-refractivity contribution in [3.8, 4) is 5.75 Å². The van der Waals surface area contributed by atoms with Gasteiger partial charge in [-0.05, 0) is 43.0 Å². The Morgan fingerprint density at radius 2 is 1.91 bits per heavy atom. The molecule has 1 aliphatic rings. The number of H-pyrrole nitrogens is 1. The molecular formula is C22H28N10O2S. The molecule has 4 rings (SSSR count). The number of amides is 1. The molecule has 0 aliphatic carbocycles. The van der Waals surface area contributed by atoms with Crippen molar-refractivity contribution in [1.29, 1.82) is 5.41 Å². The molecule has 3 aromatic rings. The molecule has 0 spiro atoms. The molecule has 6 N–H and O–H groups in total. The van der Waals surface area contributed by atoms with Gasteiger partial charge in [0.25, 0.3) is 0 Å². The van der Waals surface area contributed by atoms with Gasteiger partial charge < -0.3 is 30.9 Å². The number of carbonyl (C=O) groups is 1. The molecule has 1 fully saturated rings. The normalized spacial score (nSPS) is 13.5. The predicted molar refractivity (Wildman–Crippen MR) is 136 cm³/mol. The van der Waals surface area contributed by atoms with Crippen LogP contribution in [0.1, 0.15) is 12.6 Å². The number of ether oxygens (including phenoxy) is 1. The van der Waals surface area contributed by atoms with Crippen molar-refractivity contribution in [2.24, 2.45) is 5.73 Å². The van der Waals surface area contributed by atoms with E-state index in [1.807, 2.05) is 42.2 Å². The summed E-state index contributed by atoms with van der Waals surface area (Å²) in [5.74, 6) is 2.21. The molecule has 3 heterocycles. The number of aromatic amines is 1. The van der Waals surface area contributed by atoms with Crippen LogP contribution in [0.4, 0.5) is 23.1 Å². The van der Waals surface area contributed by atoms with Crippen LogP contribution >= 0.6 is 11.8 Å². The monoisotopic (exact) mass is 496 g/mol. The molecule has 1 aromatic carbocycles. The van der Waals surface area contributed by atoms with Gasteiger partial charge in [0.05, 0.1) is 7.11 Å². The van der Waals surface area contributed by atoms with Crippen LogP contribution in [0.5, 0.6) is 5.75 Å². The number of nitrogens with one attached hydrogen (secondary N) is 4. The van der Waals surface area contributed by atoms with E-state index in [9.17, 15) is 4.79 Å². The quantitative estimate of drug-likeness (QED) is 0.187. The minimum absolute atomic E-state index is 0.0644. The van der Waals surface area contributed by atoms with Crippen LogP contribution in [0.2, 0.25) is 0 Å². The second-order valence-electron chi connectivity index (χ2n) is 7.94. The van der Waals surface area contributed by atoms with Crippen molar-refractivity contribution in [2.45, 2.75) is 23.9 Å². The fourth-order valence-electron chi connectivity index (χ4n) is 3.63. The van der Waals surface area contributed by atoms with E-state index in [4.69, 9.17) is 25.8 Å². The second-order valence-corrected chi connectivity index (χ2v) is 8.98. The minimum Gasteiger partial charge on any atom is -0.490 e. The standard InChI is InChI=1S/C22H28N10O2S/c1-13-12-17(30-29-13)26-19-18(34-3)20(31-8-10-32(11-9-31)21(23)24)28-22(27-19)35-16-6-4-15(5-7-16)25-14(2)33/h4-7,12H,8-11H2,1-3H3,(H3,23,24)(H,25,33)(H2,26,27,28,29,30). The van der Waals surface area contributed by atoms with Crippen LogP contribution < -0.4 is 26.0 Å². The van der Waals surface area contributed by atoms with Crippen LogP contribution in [-0.2, 0) is 4.79 Å². The van der Waals surface area contributed by atoms with Crippen LogP contribution in [0.3, 0.4) is 0 Å². The van der Waals surface area contributed by atoms with Gasteiger partial charge in [-0.2, -0.15) is 5.10 Å². The van der Waals surface area contributed by atoms with Crippen molar-refractivity contribution in [3.05, 3.63) is 36.0 Å². The van der Waals surface area contributed by atoms with Gasteiger partial charge in [-0.25, -0.2) is 9.97 Å². The zero-order chi connectivity index (χ0) is 24.9. The van der Waals surface area contributed by atoms with Crippen LogP contribution in [0.25, 0.3) is 0 Å². The van der Waals surface area contributed by atoms with Crippen LogP contribution in [0, 0.1) is 12.3 Å². The van der Waals surface area contributed by atoms with Crippen molar-refractivity contribution >= 4 is 46.8 Å². The number of piperazine rings is 1. The number of methoxy groups -OCH3 is 1. The number of guanidine groups is 1. The Morgan fingerprint density at radius 3 is 2.49 bits per heavy atom. The molecule has 1 amide bonds. The van der Waals surface area contributed by atoms with E-state index < -0.39 is 0 Å². The fourth-order valence-corrected chi connectivity index (χ4v) is 4.38. The molecule has 0 bridgehead atoms. The summed E-state index contributed by atoms with van der Waals surface area (Å²) in [6, 6.07) is 9.35. The number of rotatable bonds is 7. The van der Waals surface area contributed by atoms with Gasteiger partial charge in [-0.1, -0.05) is 0 Å². The fraction of sp³-hybridized carbons (Fsp3) is 0.318. The van der Waals surface area contributed by atoms with Crippen LogP contribution in [0.15, 0.2) is 40.4 Å². The van der Waals surface area contributed by atoms with Gasteiger partial charge >= 0.3 is 0 Å². The summed E-state index contributed by atoms with van der Waals surface area (Å²) >= 11 is 1.40. The molecule has 35 heavy (non-hydrogen) atoms. The van der Waals surface area contributed by atoms with E-state index >= 15 is 0 Å². The average molecular weight is 497 g/mol. The molecule has 12 nitrogen and oxygen atoms in total. The highest BCUT2D eigenvalue weighted by atomic mass is 32.2. The molecule has 0 saturated carbocycles. The topological polar surface area (TPSA) is 161 Å². The first-order chi connectivity index (χ1) is 16.8. The molecular weight excluding hydrogens is 468 g/mol. The smallest absolute Gasteiger partial charge is 0.221 e.